The van der Waals surface area contributed by atoms with Gasteiger partial charge in [-0.15, -0.1) is 0 Å². The minimum Gasteiger partial charge on any atom is -0.339 e. The quantitative estimate of drug-likeness (QED) is 0.863. The van der Waals surface area contributed by atoms with Gasteiger partial charge >= 0.3 is 0 Å². The molecule has 0 radical (unpaired) electrons. The van der Waals surface area contributed by atoms with Crippen LogP contribution in [0.3, 0.4) is 0 Å². The molecule has 2 heterocycles. The van der Waals surface area contributed by atoms with Gasteiger partial charge in [-0.1, -0.05) is 19.0 Å². The van der Waals surface area contributed by atoms with Gasteiger partial charge in [0.15, 0.2) is 5.82 Å². The number of nitrogens with zero attached hydrogens (tertiary/aromatic N) is 3. The smallest absolute Gasteiger partial charge is 0.226 e. The standard InChI is InChI=1S/C13H24N4O/c1-3-5-11-15-12(16-18-11)13(14)6-9-17(8-4-2)10-7-13/h3-10,14H2,1-2H3. The van der Waals surface area contributed by atoms with Crippen LogP contribution in [0.4, 0.5) is 0 Å². The van der Waals surface area contributed by atoms with Gasteiger partial charge in [-0.3, -0.25) is 0 Å². The lowest BCUT2D eigenvalue weighted by atomic mass is 9.88. The Hall–Kier alpha value is -0.940. The Morgan fingerprint density at radius 3 is 2.61 bits per heavy atom. The largest absolute Gasteiger partial charge is 0.339 e. The van der Waals surface area contributed by atoms with Gasteiger partial charge in [-0.25, -0.2) is 0 Å². The summed E-state index contributed by atoms with van der Waals surface area (Å²) >= 11 is 0. The summed E-state index contributed by atoms with van der Waals surface area (Å²) < 4.78 is 5.24. The number of aromatic nitrogens is 2. The lowest BCUT2D eigenvalue weighted by Crippen LogP contribution is -2.48. The zero-order valence-corrected chi connectivity index (χ0v) is 11.5. The van der Waals surface area contributed by atoms with Gasteiger partial charge in [-0.2, -0.15) is 4.98 Å². The van der Waals surface area contributed by atoms with Crippen molar-refractivity contribution < 1.29 is 4.52 Å². The molecule has 1 saturated heterocycles. The summed E-state index contributed by atoms with van der Waals surface area (Å²) in [5.41, 5.74) is 6.05. The van der Waals surface area contributed by atoms with Crippen molar-refractivity contribution >= 4 is 0 Å². The van der Waals surface area contributed by atoms with E-state index in [0.717, 1.165) is 45.3 Å². The molecule has 0 amide bonds. The fraction of sp³-hybridized carbons (Fsp3) is 0.846. The van der Waals surface area contributed by atoms with E-state index < -0.39 is 0 Å². The highest BCUT2D eigenvalue weighted by atomic mass is 16.5. The van der Waals surface area contributed by atoms with Crippen molar-refractivity contribution in [3.8, 4) is 0 Å². The third kappa shape index (κ3) is 2.90. The van der Waals surface area contributed by atoms with Crippen LogP contribution in [-0.4, -0.2) is 34.7 Å². The zero-order valence-electron chi connectivity index (χ0n) is 11.5. The molecule has 1 aromatic rings. The van der Waals surface area contributed by atoms with E-state index in [4.69, 9.17) is 10.3 Å². The van der Waals surface area contributed by atoms with E-state index in [9.17, 15) is 0 Å². The molecule has 18 heavy (non-hydrogen) atoms. The van der Waals surface area contributed by atoms with E-state index in [-0.39, 0.29) is 5.54 Å². The molecule has 1 aliphatic heterocycles. The number of hydrogen-bond acceptors (Lipinski definition) is 5. The molecule has 0 aromatic carbocycles. The predicted octanol–water partition coefficient (Wildman–Crippen LogP) is 1.68. The summed E-state index contributed by atoms with van der Waals surface area (Å²) in [4.78, 5) is 6.90. The maximum Gasteiger partial charge on any atom is 0.226 e. The van der Waals surface area contributed by atoms with Crippen LogP contribution < -0.4 is 5.73 Å². The van der Waals surface area contributed by atoms with Crippen molar-refractivity contribution in [1.29, 1.82) is 0 Å². The van der Waals surface area contributed by atoms with Gasteiger partial charge in [0.1, 0.15) is 0 Å². The normalized spacial score (nSPS) is 20.2. The molecule has 2 rings (SSSR count). The highest BCUT2D eigenvalue weighted by Gasteiger charge is 2.36. The monoisotopic (exact) mass is 252 g/mol. The Bertz CT molecular complexity index is 369. The van der Waals surface area contributed by atoms with E-state index >= 15 is 0 Å². The number of aryl methyl sites for hydroxylation is 1. The van der Waals surface area contributed by atoms with E-state index in [1.54, 1.807) is 0 Å². The van der Waals surface area contributed by atoms with Crippen molar-refractivity contribution in [3.05, 3.63) is 11.7 Å². The van der Waals surface area contributed by atoms with Crippen molar-refractivity contribution in [2.75, 3.05) is 19.6 Å². The predicted molar refractivity (Wildman–Crippen MR) is 70.1 cm³/mol. The maximum absolute atomic E-state index is 6.44. The van der Waals surface area contributed by atoms with Gasteiger partial charge in [0.2, 0.25) is 5.89 Å². The lowest BCUT2D eigenvalue weighted by Gasteiger charge is -2.36. The molecule has 0 unspecified atom stereocenters. The first kappa shape index (κ1) is 13.5. The van der Waals surface area contributed by atoms with E-state index in [1.807, 2.05) is 0 Å². The van der Waals surface area contributed by atoms with Crippen molar-refractivity contribution in [2.45, 2.75) is 51.5 Å². The molecule has 0 bridgehead atoms. The Labute approximate surface area is 109 Å². The van der Waals surface area contributed by atoms with Gasteiger partial charge in [-0.05, 0) is 32.2 Å². The highest BCUT2D eigenvalue weighted by Crippen LogP contribution is 2.28. The maximum atomic E-state index is 6.44. The first-order valence-corrected chi connectivity index (χ1v) is 7.02. The molecule has 1 aromatic heterocycles. The van der Waals surface area contributed by atoms with Crippen LogP contribution in [0.1, 0.15) is 51.2 Å². The second kappa shape index (κ2) is 5.80. The van der Waals surface area contributed by atoms with Gasteiger partial charge in [0, 0.05) is 19.5 Å². The van der Waals surface area contributed by atoms with Crippen LogP contribution in [-0.2, 0) is 12.0 Å². The molecule has 5 nitrogen and oxygen atoms in total. The van der Waals surface area contributed by atoms with E-state index in [1.165, 1.54) is 6.42 Å². The van der Waals surface area contributed by atoms with Crippen LogP contribution in [0.2, 0.25) is 0 Å². The number of likely N-dealkylation sites (tertiary alicyclic amines) is 1. The molecule has 1 fully saturated rings. The van der Waals surface area contributed by atoms with Gasteiger partial charge < -0.3 is 15.2 Å². The SMILES string of the molecule is CCCc1nc(C2(N)CCN(CCC)CC2)no1. The molecule has 0 aliphatic carbocycles. The third-order valence-electron chi connectivity index (χ3n) is 3.67. The Morgan fingerprint density at radius 2 is 2.00 bits per heavy atom. The Kier molecular flexibility index (Phi) is 4.35. The fourth-order valence-electron chi connectivity index (χ4n) is 2.49. The molecule has 0 atom stereocenters. The third-order valence-corrected chi connectivity index (χ3v) is 3.67. The molecular formula is C13H24N4O. The molecule has 5 heteroatoms. The number of piperidine rings is 1. The molecule has 0 saturated carbocycles. The minimum absolute atomic E-state index is 0.389. The minimum atomic E-state index is -0.389. The number of hydrogen-bond donors (Lipinski definition) is 1. The fourth-order valence-corrected chi connectivity index (χ4v) is 2.49. The zero-order chi connectivity index (χ0) is 13.0. The van der Waals surface area contributed by atoms with Gasteiger partial charge in [0.05, 0.1) is 5.54 Å². The average Bonchev–Trinajstić information content (AvgIpc) is 2.83. The first-order chi connectivity index (χ1) is 8.68. The van der Waals surface area contributed by atoms with Crippen LogP contribution in [0, 0.1) is 0 Å². The average molecular weight is 252 g/mol. The van der Waals surface area contributed by atoms with Crippen LogP contribution in [0.25, 0.3) is 0 Å². The van der Waals surface area contributed by atoms with Crippen molar-refractivity contribution in [3.63, 3.8) is 0 Å². The number of rotatable bonds is 5. The van der Waals surface area contributed by atoms with Gasteiger partial charge in [0.25, 0.3) is 0 Å². The molecule has 2 N–H and O–H groups in total. The lowest BCUT2D eigenvalue weighted by molar-refractivity contribution is 0.154. The topological polar surface area (TPSA) is 68.2 Å². The summed E-state index contributed by atoms with van der Waals surface area (Å²) in [6.45, 7) is 7.53. The number of nitrogens with two attached hydrogens (primary N) is 1. The van der Waals surface area contributed by atoms with Crippen molar-refractivity contribution in [2.24, 2.45) is 5.73 Å². The van der Waals surface area contributed by atoms with Crippen LogP contribution in [0.5, 0.6) is 0 Å². The molecule has 0 spiro atoms. The summed E-state index contributed by atoms with van der Waals surface area (Å²) in [5, 5.41) is 4.07. The summed E-state index contributed by atoms with van der Waals surface area (Å²) in [5.74, 6) is 1.41. The first-order valence-electron chi connectivity index (χ1n) is 7.02. The molecular weight excluding hydrogens is 228 g/mol. The van der Waals surface area contributed by atoms with E-state index in [0.29, 0.717) is 11.7 Å². The molecule has 102 valence electrons. The van der Waals surface area contributed by atoms with E-state index in [2.05, 4.69) is 28.9 Å². The second-order valence-corrected chi connectivity index (χ2v) is 5.26. The molecule has 1 aliphatic rings. The summed E-state index contributed by atoms with van der Waals surface area (Å²) in [6.07, 6.45) is 4.88. The Morgan fingerprint density at radius 1 is 1.28 bits per heavy atom. The summed E-state index contributed by atoms with van der Waals surface area (Å²) in [7, 11) is 0. The van der Waals surface area contributed by atoms with Crippen LogP contribution >= 0.6 is 0 Å². The highest BCUT2D eigenvalue weighted by molar-refractivity contribution is 5.06. The second-order valence-electron chi connectivity index (χ2n) is 5.26. The Balaban J connectivity index is 1.99. The van der Waals surface area contributed by atoms with Crippen molar-refractivity contribution in [1.82, 2.24) is 15.0 Å². The van der Waals surface area contributed by atoms with Crippen LogP contribution in [0.15, 0.2) is 4.52 Å². The summed E-state index contributed by atoms with van der Waals surface area (Å²) in [6, 6.07) is 0.